The molecule has 3 heterocycles. The van der Waals surface area contributed by atoms with E-state index in [2.05, 4.69) is 53.3 Å². The molecule has 0 atom stereocenters. The summed E-state index contributed by atoms with van der Waals surface area (Å²) in [6.07, 6.45) is 1.57. The lowest BCUT2D eigenvalue weighted by Gasteiger charge is -2.38. The zero-order valence-electron chi connectivity index (χ0n) is 23.7. The minimum absolute atomic E-state index is 0.0916. The third kappa shape index (κ3) is 6.36. The zero-order chi connectivity index (χ0) is 28.1. The molecule has 0 spiro atoms. The van der Waals surface area contributed by atoms with Gasteiger partial charge in [-0.3, -0.25) is 14.6 Å². The second kappa shape index (κ2) is 12.5. The van der Waals surface area contributed by atoms with Gasteiger partial charge in [-0.25, -0.2) is 4.79 Å². The summed E-state index contributed by atoms with van der Waals surface area (Å²) in [5.74, 6) is 0.618. The van der Waals surface area contributed by atoms with E-state index in [1.807, 2.05) is 18.2 Å². The lowest BCUT2D eigenvalue weighted by Crippen LogP contribution is -2.46. The molecule has 5 rings (SSSR count). The molecule has 2 aliphatic heterocycles. The number of unbranched alkanes of at least 4 members (excludes halogenated alkanes) is 1. The number of piperazine rings is 1. The first-order chi connectivity index (χ1) is 19.4. The minimum Gasteiger partial charge on any atom is -0.494 e. The van der Waals surface area contributed by atoms with Crippen LogP contribution in [0.5, 0.6) is 5.75 Å². The number of nitrogens with zero attached hydrogens (tertiary/aromatic N) is 3. The summed E-state index contributed by atoms with van der Waals surface area (Å²) in [5, 5.41) is 3.54. The summed E-state index contributed by atoms with van der Waals surface area (Å²) in [7, 11) is 0. The molecule has 1 amide bonds. The van der Waals surface area contributed by atoms with Gasteiger partial charge in [-0.15, -0.1) is 11.3 Å². The maximum absolute atomic E-state index is 12.9. The molecule has 40 heavy (non-hydrogen) atoms. The molecule has 0 radical (unpaired) electrons. The van der Waals surface area contributed by atoms with E-state index >= 15 is 0 Å². The average Bonchev–Trinajstić information content (AvgIpc) is 3.42. The van der Waals surface area contributed by atoms with Crippen molar-refractivity contribution >= 4 is 44.9 Å². The van der Waals surface area contributed by atoms with Gasteiger partial charge < -0.3 is 19.1 Å². The Morgan fingerprint density at radius 1 is 1.00 bits per heavy atom. The lowest BCUT2D eigenvalue weighted by atomic mass is 9.77. The SMILES string of the molecule is CCOC(=O)OCN1C(=O)CC(C)(C)c2ccc(OCCCCN3CCN(c4cccc5sccc45)CC3)cc21. The molecular weight excluding hydrogens is 526 g/mol. The molecule has 1 saturated heterocycles. The number of benzene rings is 2. The molecule has 0 bridgehead atoms. The van der Waals surface area contributed by atoms with E-state index in [0.29, 0.717) is 18.8 Å². The van der Waals surface area contributed by atoms with Gasteiger partial charge in [-0.2, -0.15) is 0 Å². The number of hydrogen-bond acceptors (Lipinski definition) is 8. The highest BCUT2D eigenvalue weighted by atomic mass is 32.1. The number of anilines is 2. The van der Waals surface area contributed by atoms with Gasteiger partial charge in [0.2, 0.25) is 5.91 Å². The monoisotopic (exact) mass is 565 g/mol. The molecule has 3 aromatic rings. The van der Waals surface area contributed by atoms with E-state index in [1.165, 1.54) is 20.7 Å². The molecule has 0 N–H and O–H groups in total. The highest BCUT2D eigenvalue weighted by Crippen LogP contribution is 2.42. The van der Waals surface area contributed by atoms with Gasteiger partial charge in [0, 0.05) is 59.9 Å². The van der Waals surface area contributed by atoms with Crippen molar-refractivity contribution in [1.82, 2.24) is 4.90 Å². The highest BCUT2D eigenvalue weighted by molar-refractivity contribution is 7.17. The first-order valence-corrected chi connectivity index (χ1v) is 15.0. The number of amides is 1. The van der Waals surface area contributed by atoms with Crippen LogP contribution in [0.25, 0.3) is 10.1 Å². The zero-order valence-corrected chi connectivity index (χ0v) is 24.5. The van der Waals surface area contributed by atoms with Crippen molar-refractivity contribution in [2.24, 2.45) is 0 Å². The summed E-state index contributed by atoms with van der Waals surface area (Å²) in [6, 6.07) is 14.7. The van der Waals surface area contributed by atoms with Crippen LogP contribution in [-0.4, -0.2) is 69.6 Å². The summed E-state index contributed by atoms with van der Waals surface area (Å²) in [5.41, 5.74) is 2.79. The van der Waals surface area contributed by atoms with Gasteiger partial charge in [-0.05, 0) is 61.5 Å². The second-order valence-corrected chi connectivity index (χ2v) is 12.0. The number of carbonyl (C=O) groups excluding carboxylic acids is 2. The number of fused-ring (bicyclic) bond motifs is 2. The second-order valence-electron chi connectivity index (χ2n) is 11.0. The average molecular weight is 566 g/mol. The van der Waals surface area contributed by atoms with E-state index in [9.17, 15) is 9.59 Å². The first-order valence-electron chi connectivity index (χ1n) is 14.2. The Morgan fingerprint density at radius 2 is 1.82 bits per heavy atom. The van der Waals surface area contributed by atoms with Crippen LogP contribution in [0.1, 0.15) is 45.6 Å². The maximum Gasteiger partial charge on any atom is 0.510 e. The van der Waals surface area contributed by atoms with Crippen LogP contribution in [0.3, 0.4) is 0 Å². The van der Waals surface area contributed by atoms with Gasteiger partial charge >= 0.3 is 6.16 Å². The number of hydrogen-bond donors (Lipinski definition) is 0. The predicted molar refractivity (Wildman–Crippen MR) is 160 cm³/mol. The van der Waals surface area contributed by atoms with Crippen molar-refractivity contribution < 1.29 is 23.8 Å². The van der Waals surface area contributed by atoms with Gasteiger partial charge in [0.1, 0.15) is 5.75 Å². The van der Waals surface area contributed by atoms with Crippen molar-refractivity contribution in [1.29, 1.82) is 0 Å². The largest absolute Gasteiger partial charge is 0.510 e. The molecule has 0 saturated carbocycles. The van der Waals surface area contributed by atoms with E-state index in [-0.39, 0.29) is 24.7 Å². The van der Waals surface area contributed by atoms with Crippen LogP contribution < -0.4 is 14.5 Å². The van der Waals surface area contributed by atoms with Crippen LogP contribution in [0.15, 0.2) is 47.8 Å². The van der Waals surface area contributed by atoms with Crippen LogP contribution >= 0.6 is 11.3 Å². The summed E-state index contributed by atoms with van der Waals surface area (Å²) < 4.78 is 17.5. The molecule has 1 aromatic heterocycles. The standard InChI is InChI=1S/C31H39N3O5S/c1-4-37-30(36)39-22-34-27-20-23(10-11-25(27)31(2,3)21-29(34)35)38-18-6-5-13-32-14-16-33(17-15-32)26-8-7-9-28-24(26)12-19-40-28/h7-12,19-20H,4-6,13-18,21-22H2,1-3H3. The predicted octanol–water partition coefficient (Wildman–Crippen LogP) is 6.03. The Balaban J connectivity index is 1.09. The number of carbonyl (C=O) groups is 2. The van der Waals surface area contributed by atoms with Crippen LogP contribution in [0.2, 0.25) is 0 Å². The fraction of sp³-hybridized carbons (Fsp3) is 0.484. The van der Waals surface area contributed by atoms with E-state index in [1.54, 1.807) is 18.3 Å². The number of ether oxygens (including phenoxy) is 3. The molecular formula is C31H39N3O5S. The molecule has 8 nitrogen and oxygen atoms in total. The molecule has 0 aliphatic carbocycles. The number of rotatable bonds is 10. The summed E-state index contributed by atoms with van der Waals surface area (Å²) in [6.45, 7) is 11.8. The molecule has 0 unspecified atom stereocenters. The summed E-state index contributed by atoms with van der Waals surface area (Å²) >= 11 is 1.80. The highest BCUT2D eigenvalue weighted by Gasteiger charge is 2.37. The van der Waals surface area contributed by atoms with Crippen molar-refractivity contribution in [2.75, 3.05) is 62.5 Å². The molecule has 9 heteroatoms. The Labute approximate surface area is 240 Å². The van der Waals surface area contributed by atoms with Crippen LogP contribution in [0.4, 0.5) is 16.2 Å². The normalized spacial score (nSPS) is 17.1. The van der Waals surface area contributed by atoms with Crippen LogP contribution in [0, 0.1) is 0 Å². The quantitative estimate of drug-likeness (QED) is 0.220. The Kier molecular flexibility index (Phi) is 8.81. The summed E-state index contributed by atoms with van der Waals surface area (Å²) in [4.78, 5) is 31.2. The molecule has 214 valence electrons. The third-order valence-corrected chi connectivity index (χ3v) is 8.66. The Morgan fingerprint density at radius 3 is 2.62 bits per heavy atom. The van der Waals surface area contributed by atoms with E-state index < -0.39 is 6.16 Å². The van der Waals surface area contributed by atoms with Gasteiger partial charge in [-0.1, -0.05) is 26.0 Å². The minimum atomic E-state index is -0.782. The van der Waals surface area contributed by atoms with Gasteiger partial charge in [0.15, 0.2) is 6.73 Å². The molecule has 2 aromatic carbocycles. The number of thiophene rings is 1. The van der Waals surface area contributed by atoms with E-state index in [0.717, 1.165) is 56.8 Å². The lowest BCUT2D eigenvalue weighted by molar-refractivity contribution is -0.121. The molecule has 1 fully saturated rings. The fourth-order valence-electron chi connectivity index (χ4n) is 5.61. The third-order valence-electron chi connectivity index (χ3n) is 7.78. The first kappa shape index (κ1) is 28.2. The van der Waals surface area contributed by atoms with Gasteiger partial charge in [0.05, 0.1) is 18.9 Å². The maximum atomic E-state index is 12.9. The van der Waals surface area contributed by atoms with Crippen LogP contribution in [-0.2, 0) is 19.7 Å². The van der Waals surface area contributed by atoms with Gasteiger partial charge in [0.25, 0.3) is 0 Å². The van der Waals surface area contributed by atoms with E-state index in [4.69, 9.17) is 14.2 Å². The Bertz CT molecular complexity index is 1330. The van der Waals surface area contributed by atoms with Crippen molar-refractivity contribution in [3.8, 4) is 5.75 Å². The fourth-order valence-corrected chi connectivity index (χ4v) is 6.42. The Hall–Kier alpha value is -3.30. The van der Waals surface area contributed by atoms with Crippen molar-refractivity contribution in [3.05, 3.63) is 53.4 Å². The van der Waals surface area contributed by atoms with Crippen molar-refractivity contribution in [2.45, 2.75) is 45.4 Å². The molecule has 2 aliphatic rings. The topological polar surface area (TPSA) is 71.5 Å². The van der Waals surface area contributed by atoms with Crippen molar-refractivity contribution in [3.63, 3.8) is 0 Å². The smallest absolute Gasteiger partial charge is 0.494 e.